The van der Waals surface area contributed by atoms with Crippen LogP contribution in [0.25, 0.3) is 5.65 Å². The van der Waals surface area contributed by atoms with Crippen molar-refractivity contribution in [3.63, 3.8) is 0 Å². The molecule has 0 saturated heterocycles. The van der Waals surface area contributed by atoms with Gasteiger partial charge in [-0.3, -0.25) is 4.79 Å². The Balaban J connectivity index is 1.52. The fourth-order valence-electron chi connectivity index (χ4n) is 3.32. The molecule has 0 radical (unpaired) electrons. The number of fused-ring (bicyclic) bond motifs is 1. The smallest absolute Gasteiger partial charge is 0.222 e. The molecule has 0 aliphatic rings. The van der Waals surface area contributed by atoms with E-state index in [1.165, 1.54) is 0 Å². The van der Waals surface area contributed by atoms with Gasteiger partial charge in [-0.2, -0.15) is 5.10 Å². The molecule has 3 aromatic rings. The van der Waals surface area contributed by atoms with Crippen LogP contribution in [0.5, 0.6) is 11.5 Å². The second kappa shape index (κ2) is 8.94. The van der Waals surface area contributed by atoms with E-state index in [9.17, 15) is 4.79 Å². The molecule has 1 aromatic carbocycles. The first-order chi connectivity index (χ1) is 13.9. The Morgan fingerprint density at radius 2 is 1.83 bits per heavy atom. The summed E-state index contributed by atoms with van der Waals surface area (Å²) in [6.45, 7) is 6.93. The van der Waals surface area contributed by atoms with Gasteiger partial charge in [-0.05, 0) is 57.0 Å². The van der Waals surface area contributed by atoms with Crippen LogP contribution in [0.4, 0.5) is 0 Å². The molecule has 0 saturated carbocycles. The molecule has 2 heterocycles. The van der Waals surface area contributed by atoms with Crippen LogP contribution in [0, 0.1) is 20.8 Å². The van der Waals surface area contributed by atoms with Crippen LogP contribution in [-0.4, -0.2) is 52.7 Å². The molecular weight excluding hydrogens is 368 g/mol. The highest BCUT2D eigenvalue weighted by Gasteiger charge is 2.14. The number of likely N-dealkylation sites (N-methyl/N-ethyl adjacent to an activating group) is 1. The number of carbonyl (C=O) groups is 1. The Morgan fingerprint density at radius 3 is 2.52 bits per heavy atom. The fourth-order valence-corrected chi connectivity index (χ4v) is 3.32. The molecule has 0 atom stereocenters. The number of ether oxygens (including phenoxy) is 2. The highest BCUT2D eigenvalue weighted by Crippen LogP contribution is 2.18. The molecule has 7 nitrogen and oxygen atoms in total. The molecule has 0 N–H and O–H groups in total. The number of benzene rings is 1. The van der Waals surface area contributed by atoms with Gasteiger partial charge in [0.1, 0.15) is 18.1 Å². The predicted molar refractivity (Wildman–Crippen MR) is 112 cm³/mol. The summed E-state index contributed by atoms with van der Waals surface area (Å²) in [6, 6.07) is 9.37. The maximum atomic E-state index is 12.5. The molecule has 1 amide bonds. The van der Waals surface area contributed by atoms with Crippen molar-refractivity contribution in [2.45, 2.75) is 33.6 Å². The van der Waals surface area contributed by atoms with Crippen molar-refractivity contribution in [2.24, 2.45) is 0 Å². The van der Waals surface area contributed by atoms with Gasteiger partial charge in [-0.1, -0.05) is 0 Å². The molecule has 3 rings (SSSR count). The maximum Gasteiger partial charge on any atom is 0.222 e. The van der Waals surface area contributed by atoms with Crippen LogP contribution >= 0.6 is 0 Å². The van der Waals surface area contributed by atoms with Crippen molar-refractivity contribution in [3.05, 3.63) is 53.0 Å². The van der Waals surface area contributed by atoms with Crippen LogP contribution in [-0.2, 0) is 11.2 Å². The van der Waals surface area contributed by atoms with Crippen LogP contribution < -0.4 is 9.47 Å². The SMILES string of the molecule is COc1ccc(OCCN(C)C(=O)CCc2c(C)nc3cc(C)nn3c2C)cc1. The largest absolute Gasteiger partial charge is 0.497 e. The summed E-state index contributed by atoms with van der Waals surface area (Å²) in [5.74, 6) is 1.62. The lowest BCUT2D eigenvalue weighted by Crippen LogP contribution is -2.31. The monoisotopic (exact) mass is 396 g/mol. The molecular formula is C22H28N4O3. The van der Waals surface area contributed by atoms with Gasteiger partial charge in [0.2, 0.25) is 5.91 Å². The number of hydrogen-bond donors (Lipinski definition) is 0. The maximum absolute atomic E-state index is 12.5. The van der Waals surface area contributed by atoms with Gasteiger partial charge < -0.3 is 14.4 Å². The van der Waals surface area contributed by atoms with Crippen molar-refractivity contribution < 1.29 is 14.3 Å². The van der Waals surface area contributed by atoms with Gasteiger partial charge in [0.15, 0.2) is 5.65 Å². The molecule has 0 aliphatic carbocycles. The minimum absolute atomic E-state index is 0.0823. The van der Waals surface area contributed by atoms with Gasteiger partial charge in [-0.25, -0.2) is 9.50 Å². The van der Waals surface area contributed by atoms with Gasteiger partial charge in [0.25, 0.3) is 0 Å². The molecule has 7 heteroatoms. The Bertz CT molecular complexity index is 995. The first-order valence-electron chi connectivity index (χ1n) is 9.72. The lowest BCUT2D eigenvalue weighted by molar-refractivity contribution is -0.130. The van der Waals surface area contributed by atoms with E-state index < -0.39 is 0 Å². The first kappa shape index (κ1) is 20.6. The van der Waals surface area contributed by atoms with Crippen molar-refractivity contribution in [1.82, 2.24) is 19.5 Å². The lowest BCUT2D eigenvalue weighted by Gasteiger charge is -2.18. The predicted octanol–water partition coefficient (Wildman–Crippen LogP) is 3.13. The van der Waals surface area contributed by atoms with E-state index in [-0.39, 0.29) is 5.91 Å². The third-order valence-corrected chi connectivity index (χ3v) is 5.06. The molecule has 0 bridgehead atoms. The molecule has 0 aliphatic heterocycles. The van der Waals surface area contributed by atoms with E-state index in [0.29, 0.717) is 26.0 Å². The zero-order valence-corrected chi connectivity index (χ0v) is 17.7. The third-order valence-electron chi connectivity index (χ3n) is 5.06. The zero-order valence-electron chi connectivity index (χ0n) is 17.7. The van der Waals surface area contributed by atoms with Crippen LogP contribution in [0.15, 0.2) is 30.3 Å². The van der Waals surface area contributed by atoms with Crippen LogP contribution in [0.1, 0.15) is 29.1 Å². The van der Waals surface area contributed by atoms with Gasteiger partial charge in [0.05, 0.1) is 19.3 Å². The van der Waals surface area contributed by atoms with Gasteiger partial charge >= 0.3 is 0 Å². The van der Waals surface area contributed by atoms with E-state index in [4.69, 9.17) is 9.47 Å². The quantitative estimate of drug-likeness (QED) is 0.585. The van der Waals surface area contributed by atoms with Gasteiger partial charge in [-0.15, -0.1) is 0 Å². The summed E-state index contributed by atoms with van der Waals surface area (Å²) < 4.78 is 12.7. The normalized spacial score (nSPS) is 10.9. The van der Waals surface area contributed by atoms with Crippen molar-refractivity contribution >= 4 is 11.6 Å². The standard InChI is InChI=1S/C22H28N4O3/c1-15-14-21-23-16(2)20(17(3)26(21)24-15)10-11-22(27)25(4)12-13-29-19-8-6-18(28-5)7-9-19/h6-9,14H,10-13H2,1-5H3. The number of carbonyl (C=O) groups excluding carboxylic acids is 1. The first-order valence-corrected chi connectivity index (χ1v) is 9.72. The summed E-state index contributed by atoms with van der Waals surface area (Å²) >= 11 is 0. The molecule has 154 valence electrons. The second-order valence-corrected chi connectivity index (χ2v) is 7.16. The highest BCUT2D eigenvalue weighted by atomic mass is 16.5. The number of aryl methyl sites for hydroxylation is 3. The van der Waals surface area contributed by atoms with Crippen LogP contribution in [0.2, 0.25) is 0 Å². The Kier molecular flexibility index (Phi) is 6.36. The summed E-state index contributed by atoms with van der Waals surface area (Å²) in [7, 11) is 3.43. The summed E-state index contributed by atoms with van der Waals surface area (Å²) in [5.41, 5.74) is 4.86. The third kappa shape index (κ3) is 4.85. The molecule has 0 unspecified atom stereocenters. The van der Waals surface area contributed by atoms with Crippen LogP contribution in [0.3, 0.4) is 0 Å². The Labute approximate surface area is 171 Å². The minimum Gasteiger partial charge on any atom is -0.497 e. The summed E-state index contributed by atoms with van der Waals surface area (Å²) in [5, 5.41) is 4.49. The zero-order chi connectivity index (χ0) is 21.0. The Morgan fingerprint density at radius 1 is 1.14 bits per heavy atom. The number of hydrogen-bond acceptors (Lipinski definition) is 5. The van der Waals surface area contributed by atoms with Crippen molar-refractivity contribution in [3.8, 4) is 11.5 Å². The van der Waals surface area contributed by atoms with E-state index in [1.807, 2.05) is 55.6 Å². The number of rotatable bonds is 8. The average Bonchev–Trinajstić information content (AvgIpc) is 3.08. The molecule has 2 aromatic heterocycles. The summed E-state index contributed by atoms with van der Waals surface area (Å²) in [4.78, 5) is 18.9. The van der Waals surface area contributed by atoms with Gasteiger partial charge in [0, 0.05) is 30.9 Å². The van der Waals surface area contributed by atoms with Crippen molar-refractivity contribution in [2.75, 3.05) is 27.3 Å². The molecule has 29 heavy (non-hydrogen) atoms. The Hall–Kier alpha value is -3.09. The van der Waals surface area contributed by atoms with E-state index in [2.05, 4.69) is 10.1 Å². The number of aromatic nitrogens is 3. The highest BCUT2D eigenvalue weighted by molar-refractivity contribution is 5.76. The topological polar surface area (TPSA) is 69.0 Å². The minimum atomic E-state index is 0.0823. The number of amides is 1. The second-order valence-electron chi connectivity index (χ2n) is 7.16. The van der Waals surface area contributed by atoms with E-state index in [0.717, 1.165) is 39.8 Å². The average molecular weight is 396 g/mol. The molecule has 0 spiro atoms. The number of methoxy groups -OCH3 is 1. The number of nitrogens with zero attached hydrogens (tertiary/aromatic N) is 4. The summed E-state index contributed by atoms with van der Waals surface area (Å²) in [6.07, 6.45) is 1.07. The fraction of sp³-hybridized carbons (Fsp3) is 0.409. The van der Waals surface area contributed by atoms with Crippen molar-refractivity contribution in [1.29, 1.82) is 0 Å². The van der Waals surface area contributed by atoms with E-state index in [1.54, 1.807) is 19.1 Å². The lowest BCUT2D eigenvalue weighted by atomic mass is 10.1. The molecule has 0 fully saturated rings. The van der Waals surface area contributed by atoms with E-state index >= 15 is 0 Å².